The maximum atomic E-state index is 14.1. The van der Waals surface area contributed by atoms with Gasteiger partial charge >= 0.3 is 0 Å². The van der Waals surface area contributed by atoms with Crippen molar-refractivity contribution in [1.82, 2.24) is 10.3 Å². The zero-order valence-corrected chi connectivity index (χ0v) is 15.6. The van der Waals surface area contributed by atoms with Gasteiger partial charge in [-0.15, -0.1) is 0 Å². The number of carbonyl (C=O) groups is 1. The first-order valence-corrected chi connectivity index (χ1v) is 9.48. The number of rotatable bonds is 4. The minimum Gasteiger partial charge on any atom is -0.358 e. The Morgan fingerprint density at radius 2 is 1.88 bits per heavy atom. The van der Waals surface area contributed by atoms with Crippen LogP contribution in [-0.4, -0.2) is 26.4 Å². The molecule has 0 bridgehead atoms. The summed E-state index contributed by atoms with van der Waals surface area (Å²) >= 11 is 12.1. The van der Waals surface area contributed by atoms with Crippen LogP contribution in [0.15, 0.2) is 41.4 Å². The molecule has 0 radical (unpaired) electrons. The van der Waals surface area contributed by atoms with Crippen LogP contribution < -0.4 is 10.0 Å². The van der Waals surface area contributed by atoms with E-state index >= 15 is 0 Å². The predicted octanol–water partition coefficient (Wildman–Crippen LogP) is 3.77. The quantitative estimate of drug-likeness (QED) is 0.605. The van der Waals surface area contributed by atoms with E-state index in [1.807, 2.05) is 0 Å². The second-order valence-corrected chi connectivity index (χ2v) is 7.78. The summed E-state index contributed by atoms with van der Waals surface area (Å²) in [5.41, 5.74) is 0.508. The summed E-state index contributed by atoms with van der Waals surface area (Å²) < 4.78 is 41.7. The van der Waals surface area contributed by atoms with Crippen molar-refractivity contribution in [3.8, 4) is 0 Å². The van der Waals surface area contributed by atoms with Crippen LogP contribution in [0.1, 0.15) is 10.4 Å². The molecule has 0 saturated carbocycles. The number of fused-ring (bicyclic) bond motifs is 1. The maximum absolute atomic E-state index is 14.1. The Morgan fingerprint density at radius 3 is 2.58 bits per heavy atom. The largest absolute Gasteiger partial charge is 0.358 e. The Balaban J connectivity index is 2.08. The number of benzene rings is 2. The molecule has 0 spiro atoms. The van der Waals surface area contributed by atoms with Crippen LogP contribution in [0.3, 0.4) is 0 Å². The van der Waals surface area contributed by atoms with Crippen molar-refractivity contribution in [3.63, 3.8) is 0 Å². The van der Waals surface area contributed by atoms with Crippen LogP contribution in [-0.2, 0) is 10.0 Å². The zero-order chi connectivity index (χ0) is 19.1. The van der Waals surface area contributed by atoms with Gasteiger partial charge in [0, 0.05) is 24.2 Å². The van der Waals surface area contributed by atoms with Crippen molar-refractivity contribution >= 4 is 55.7 Å². The molecule has 0 unspecified atom stereocenters. The molecule has 1 heterocycles. The van der Waals surface area contributed by atoms with Crippen molar-refractivity contribution in [1.29, 1.82) is 0 Å². The summed E-state index contributed by atoms with van der Waals surface area (Å²) in [6.45, 7) is 0. The number of H-pyrrole nitrogens is 1. The highest BCUT2D eigenvalue weighted by atomic mass is 35.5. The van der Waals surface area contributed by atoms with E-state index in [1.54, 1.807) is 0 Å². The smallest absolute Gasteiger partial charge is 0.264 e. The lowest BCUT2D eigenvalue weighted by Crippen LogP contribution is -2.20. The molecule has 3 aromatic rings. The number of aromatic amines is 1. The van der Waals surface area contributed by atoms with Crippen LogP contribution in [0.4, 0.5) is 10.1 Å². The summed E-state index contributed by atoms with van der Waals surface area (Å²) in [5.74, 6) is -1.52. The molecule has 1 aromatic heterocycles. The minimum absolute atomic E-state index is 0.0125. The molecule has 1 amide bonds. The molecule has 6 nitrogen and oxygen atoms in total. The first kappa shape index (κ1) is 18.5. The Bertz CT molecular complexity index is 1130. The molecule has 0 aliphatic carbocycles. The fraction of sp³-hybridized carbons (Fsp3) is 0.0625. The topological polar surface area (TPSA) is 91.1 Å². The molecule has 0 aliphatic heterocycles. The zero-order valence-electron chi connectivity index (χ0n) is 13.2. The minimum atomic E-state index is -4.31. The number of anilines is 1. The molecular weight excluding hydrogens is 404 g/mol. The number of carbonyl (C=O) groups excluding carboxylic acids is 1. The molecule has 3 rings (SSSR count). The molecular formula is C16H12Cl2FN3O3S. The second kappa shape index (κ2) is 6.79. The monoisotopic (exact) mass is 415 g/mol. The molecule has 136 valence electrons. The van der Waals surface area contributed by atoms with Gasteiger partial charge in [-0.25, -0.2) is 12.8 Å². The summed E-state index contributed by atoms with van der Waals surface area (Å²) in [6.07, 6.45) is 1.46. The van der Waals surface area contributed by atoms with E-state index in [9.17, 15) is 17.6 Å². The highest BCUT2D eigenvalue weighted by Gasteiger charge is 2.23. The maximum Gasteiger partial charge on any atom is 0.264 e. The van der Waals surface area contributed by atoms with Gasteiger partial charge in [0.15, 0.2) is 0 Å². The molecule has 2 aromatic carbocycles. The Labute approximate surface area is 158 Å². The number of hydrogen-bond donors (Lipinski definition) is 3. The van der Waals surface area contributed by atoms with Gasteiger partial charge < -0.3 is 10.3 Å². The van der Waals surface area contributed by atoms with Crippen LogP contribution >= 0.6 is 23.2 Å². The lowest BCUT2D eigenvalue weighted by atomic mass is 10.2. The van der Waals surface area contributed by atoms with Crippen molar-refractivity contribution in [2.45, 2.75) is 4.90 Å². The van der Waals surface area contributed by atoms with Crippen molar-refractivity contribution < 1.29 is 17.6 Å². The number of amides is 1. The van der Waals surface area contributed by atoms with E-state index in [1.165, 1.54) is 31.4 Å². The Kier molecular flexibility index (Phi) is 4.83. The van der Waals surface area contributed by atoms with E-state index in [-0.39, 0.29) is 11.3 Å². The van der Waals surface area contributed by atoms with Crippen LogP contribution in [0.25, 0.3) is 10.9 Å². The van der Waals surface area contributed by atoms with Gasteiger partial charge in [-0.3, -0.25) is 9.52 Å². The van der Waals surface area contributed by atoms with Gasteiger partial charge in [-0.2, -0.15) is 0 Å². The number of halogens is 3. The first-order valence-electron chi connectivity index (χ1n) is 7.24. The Morgan fingerprint density at radius 1 is 1.15 bits per heavy atom. The third-order valence-electron chi connectivity index (χ3n) is 3.69. The van der Waals surface area contributed by atoms with Crippen LogP contribution in [0, 0.1) is 5.82 Å². The summed E-state index contributed by atoms with van der Waals surface area (Å²) in [4.78, 5) is 13.9. The van der Waals surface area contributed by atoms with Gasteiger partial charge in [0.1, 0.15) is 10.7 Å². The summed E-state index contributed by atoms with van der Waals surface area (Å²) in [6, 6.07) is 5.97. The molecule has 0 saturated heterocycles. The number of nitrogens with one attached hydrogen (secondary N) is 3. The summed E-state index contributed by atoms with van der Waals surface area (Å²) in [5, 5.41) is 3.44. The van der Waals surface area contributed by atoms with E-state index in [4.69, 9.17) is 23.2 Å². The fourth-order valence-electron chi connectivity index (χ4n) is 2.45. The van der Waals surface area contributed by atoms with Crippen LogP contribution in [0.5, 0.6) is 0 Å². The standard InChI is InChI=1S/C16H12Cl2FN3O3S/c1-20-16(23)8-2-4-11(19)13(6-8)26(24,25)22-12-5-3-9(17)14-10(18)7-21-15(12)14/h2-7,21-22H,1H3,(H,20,23). The van der Waals surface area contributed by atoms with Gasteiger partial charge in [-0.05, 0) is 30.3 Å². The molecule has 0 aliphatic rings. The number of hydrogen-bond acceptors (Lipinski definition) is 3. The third-order valence-corrected chi connectivity index (χ3v) is 5.68. The van der Waals surface area contributed by atoms with Crippen molar-refractivity contribution in [2.75, 3.05) is 11.8 Å². The predicted molar refractivity (Wildman–Crippen MR) is 98.9 cm³/mol. The highest BCUT2D eigenvalue weighted by Crippen LogP contribution is 2.35. The average molecular weight is 416 g/mol. The average Bonchev–Trinajstić information content (AvgIpc) is 3.00. The molecule has 0 fully saturated rings. The molecule has 3 N–H and O–H groups in total. The lowest BCUT2D eigenvalue weighted by Gasteiger charge is -2.11. The normalized spacial score (nSPS) is 11.5. The lowest BCUT2D eigenvalue weighted by molar-refractivity contribution is 0.0963. The number of aromatic nitrogens is 1. The summed E-state index contributed by atoms with van der Waals surface area (Å²) in [7, 11) is -2.93. The third kappa shape index (κ3) is 3.23. The van der Waals surface area contributed by atoms with E-state index < -0.39 is 26.6 Å². The molecule has 26 heavy (non-hydrogen) atoms. The highest BCUT2D eigenvalue weighted by molar-refractivity contribution is 7.92. The second-order valence-electron chi connectivity index (χ2n) is 5.31. The van der Waals surface area contributed by atoms with Crippen molar-refractivity contribution in [2.24, 2.45) is 0 Å². The fourth-order valence-corrected chi connectivity index (χ4v) is 4.18. The molecule has 0 atom stereocenters. The van der Waals surface area contributed by atoms with E-state index in [2.05, 4.69) is 15.0 Å². The van der Waals surface area contributed by atoms with Gasteiger partial charge in [-0.1, -0.05) is 23.2 Å². The van der Waals surface area contributed by atoms with E-state index in [0.29, 0.717) is 20.9 Å². The van der Waals surface area contributed by atoms with E-state index in [0.717, 1.165) is 12.1 Å². The van der Waals surface area contributed by atoms with Crippen LogP contribution in [0.2, 0.25) is 10.0 Å². The molecule has 10 heteroatoms. The van der Waals surface area contributed by atoms with Gasteiger partial charge in [0.05, 0.1) is 21.2 Å². The number of sulfonamides is 1. The van der Waals surface area contributed by atoms with Gasteiger partial charge in [0.2, 0.25) is 0 Å². The first-order chi connectivity index (χ1) is 12.2. The SMILES string of the molecule is CNC(=O)c1ccc(F)c(S(=O)(=O)Nc2ccc(Cl)c3c(Cl)c[nH]c23)c1. The van der Waals surface area contributed by atoms with Crippen molar-refractivity contribution in [3.05, 3.63) is 58.0 Å². The Hall–Kier alpha value is -2.29. The van der Waals surface area contributed by atoms with Gasteiger partial charge in [0.25, 0.3) is 15.9 Å².